The van der Waals surface area contributed by atoms with Crippen LogP contribution in [0.15, 0.2) is 18.3 Å². The number of nitrogens with one attached hydrogen (secondary N) is 1. The van der Waals surface area contributed by atoms with Gasteiger partial charge in [-0.1, -0.05) is 5.10 Å². The lowest BCUT2D eigenvalue weighted by Gasteiger charge is -2.05. The van der Waals surface area contributed by atoms with Crippen LogP contribution in [0, 0.1) is 0 Å². The van der Waals surface area contributed by atoms with Crippen LogP contribution in [-0.4, -0.2) is 32.3 Å². The molecule has 0 spiro atoms. The van der Waals surface area contributed by atoms with Crippen LogP contribution in [0.3, 0.4) is 0 Å². The third-order valence-electron chi connectivity index (χ3n) is 2.08. The van der Waals surface area contributed by atoms with Crippen LogP contribution in [-0.2, 0) is 13.6 Å². The fourth-order valence-electron chi connectivity index (χ4n) is 1.23. The van der Waals surface area contributed by atoms with E-state index in [0.717, 1.165) is 5.56 Å². The topological polar surface area (TPSA) is 77.8 Å². The summed E-state index contributed by atoms with van der Waals surface area (Å²) in [6.07, 6.45) is 1.70. The number of hydrogen-bond donors (Lipinski definition) is 1. The van der Waals surface area contributed by atoms with E-state index in [1.54, 1.807) is 25.0 Å². The molecule has 0 aliphatic rings. The Morgan fingerprint density at radius 1 is 1.50 bits per heavy atom. The van der Waals surface area contributed by atoms with Gasteiger partial charge in [-0.15, -0.1) is 0 Å². The third kappa shape index (κ3) is 2.25. The average molecular weight is 220 g/mol. The van der Waals surface area contributed by atoms with Gasteiger partial charge in [-0.2, -0.15) is 0 Å². The molecule has 0 saturated heterocycles. The number of aromatic nitrogens is 5. The van der Waals surface area contributed by atoms with Crippen molar-refractivity contribution in [1.29, 1.82) is 0 Å². The van der Waals surface area contributed by atoms with Crippen LogP contribution in [0.5, 0.6) is 5.88 Å². The van der Waals surface area contributed by atoms with Crippen molar-refractivity contribution in [3.63, 3.8) is 0 Å². The Kier molecular flexibility index (Phi) is 2.95. The van der Waals surface area contributed by atoms with Gasteiger partial charge < -0.3 is 10.1 Å². The molecule has 0 aliphatic carbocycles. The van der Waals surface area contributed by atoms with Crippen molar-refractivity contribution in [3.8, 4) is 5.88 Å². The average Bonchev–Trinajstić information content (AvgIpc) is 2.72. The molecule has 0 aromatic carbocycles. The largest absolute Gasteiger partial charge is 0.481 e. The zero-order chi connectivity index (χ0) is 11.4. The van der Waals surface area contributed by atoms with E-state index in [2.05, 4.69) is 25.8 Å². The standard InChI is InChI=1S/C9H12N6O/c1-15-9(12-13-14-15)11-6-7-3-4-10-8(5-7)16-2/h3-5H,6H2,1-2H3,(H,11,12,14). The second-order valence-corrected chi connectivity index (χ2v) is 3.19. The first-order valence-corrected chi connectivity index (χ1v) is 4.75. The molecule has 1 N–H and O–H groups in total. The Labute approximate surface area is 92.4 Å². The highest BCUT2D eigenvalue weighted by Gasteiger charge is 2.01. The minimum absolute atomic E-state index is 0.593. The first-order chi connectivity index (χ1) is 7.79. The summed E-state index contributed by atoms with van der Waals surface area (Å²) >= 11 is 0. The molecule has 2 heterocycles. The van der Waals surface area contributed by atoms with Gasteiger partial charge in [0.15, 0.2) is 0 Å². The second-order valence-electron chi connectivity index (χ2n) is 3.19. The molecule has 16 heavy (non-hydrogen) atoms. The summed E-state index contributed by atoms with van der Waals surface area (Å²) in [6, 6.07) is 3.76. The van der Waals surface area contributed by atoms with E-state index in [1.165, 1.54) is 0 Å². The fraction of sp³-hybridized carbons (Fsp3) is 0.333. The van der Waals surface area contributed by atoms with Gasteiger partial charge in [-0.25, -0.2) is 9.67 Å². The molecule has 84 valence electrons. The highest BCUT2D eigenvalue weighted by atomic mass is 16.5. The summed E-state index contributed by atoms with van der Waals surface area (Å²) < 4.78 is 6.60. The van der Waals surface area contributed by atoms with E-state index < -0.39 is 0 Å². The normalized spacial score (nSPS) is 10.1. The van der Waals surface area contributed by atoms with Crippen LogP contribution in [0.1, 0.15) is 5.56 Å². The molecule has 0 amide bonds. The summed E-state index contributed by atoms with van der Waals surface area (Å²) in [4.78, 5) is 4.02. The molecule has 0 bridgehead atoms. The summed E-state index contributed by atoms with van der Waals surface area (Å²) in [5, 5.41) is 14.2. The molecule has 0 aliphatic heterocycles. The van der Waals surface area contributed by atoms with Gasteiger partial charge in [0.2, 0.25) is 11.8 Å². The van der Waals surface area contributed by atoms with E-state index in [9.17, 15) is 0 Å². The predicted octanol–water partition coefficient (Wildman–Crippen LogP) is 0.226. The number of nitrogens with zero attached hydrogens (tertiary/aromatic N) is 5. The molecule has 2 rings (SSSR count). The van der Waals surface area contributed by atoms with Gasteiger partial charge in [0.25, 0.3) is 0 Å². The smallest absolute Gasteiger partial charge is 0.242 e. The lowest BCUT2D eigenvalue weighted by molar-refractivity contribution is 0.397. The Morgan fingerprint density at radius 2 is 2.38 bits per heavy atom. The lowest BCUT2D eigenvalue weighted by atomic mass is 10.2. The summed E-state index contributed by atoms with van der Waals surface area (Å²) in [5.41, 5.74) is 1.05. The maximum Gasteiger partial charge on any atom is 0.242 e. The van der Waals surface area contributed by atoms with Crippen molar-refractivity contribution in [2.45, 2.75) is 6.54 Å². The van der Waals surface area contributed by atoms with Crippen LogP contribution < -0.4 is 10.1 Å². The minimum atomic E-state index is 0.593. The summed E-state index contributed by atoms with van der Waals surface area (Å²) in [5.74, 6) is 1.21. The van der Waals surface area contributed by atoms with E-state index >= 15 is 0 Å². The molecule has 2 aromatic rings. The van der Waals surface area contributed by atoms with E-state index in [-0.39, 0.29) is 0 Å². The summed E-state index contributed by atoms with van der Waals surface area (Å²) in [6.45, 7) is 0.618. The number of rotatable bonds is 4. The van der Waals surface area contributed by atoms with Crippen molar-refractivity contribution in [2.75, 3.05) is 12.4 Å². The quantitative estimate of drug-likeness (QED) is 0.794. The molecule has 0 unspecified atom stereocenters. The maximum absolute atomic E-state index is 5.03. The van der Waals surface area contributed by atoms with Crippen LogP contribution in [0.2, 0.25) is 0 Å². The zero-order valence-corrected chi connectivity index (χ0v) is 9.08. The van der Waals surface area contributed by atoms with Gasteiger partial charge in [-0.3, -0.25) is 0 Å². The van der Waals surface area contributed by atoms with Gasteiger partial charge in [0.1, 0.15) is 0 Å². The van der Waals surface area contributed by atoms with Crippen LogP contribution in [0.4, 0.5) is 5.95 Å². The molecule has 7 heteroatoms. The Morgan fingerprint density at radius 3 is 3.06 bits per heavy atom. The van der Waals surface area contributed by atoms with Crippen molar-refractivity contribution >= 4 is 5.95 Å². The number of aryl methyl sites for hydroxylation is 1. The number of methoxy groups -OCH3 is 1. The number of anilines is 1. The Bertz CT molecular complexity index is 469. The van der Waals surface area contributed by atoms with Crippen molar-refractivity contribution in [2.24, 2.45) is 7.05 Å². The lowest BCUT2D eigenvalue weighted by Crippen LogP contribution is -2.06. The fourth-order valence-corrected chi connectivity index (χ4v) is 1.23. The van der Waals surface area contributed by atoms with Crippen molar-refractivity contribution in [1.82, 2.24) is 25.2 Å². The van der Waals surface area contributed by atoms with Gasteiger partial charge in [-0.05, 0) is 22.1 Å². The van der Waals surface area contributed by atoms with E-state index in [1.807, 2.05) is 12.1 Å². The molecule has 0 saturated carbocycles. The SMILES string of the molecule is COc1cc(CNc2nnnn2C)ccn1. The van der Waals surface area contributed by atoms with Gasteiger partial charge in [0, 0.05) is 25.9 Å². The van der Waals surface area contributed by atoms with Crippen molar-refractivity contribution < 1.29 is 4.74 Å². The maximum atomic E-state index is 5.03. The number of tetrazole rings is 1. The highest BCUT2D eigenvalue weighted by Crippen LogP contribution is 2.09. The van der Waals surface area contributed by atoms with Crippen molar-refractivity contribution in [3.05, 3.63) is 23.9 Å². The molecular weight excluding hydrogens is 208 g/mol. The van der Waals surface area contributed by atoms with Gasteiger partial charge >= 0.3 is 0 Å². The number of hydrogen-bond acceptors (Lipinski definition) is 6. The summed E-state index contributed by atoms with van der Waals surface area (Å²) in [7, 11) is 3.36. The first-order valence-electron chi connectivity index (χ1n) is 4.75. The van der Waals surface area contributed by atoms with Gasteiger partial charge in [0.05, 0.1) is 7.11 Å². The molecule has 7 nitrogen and oxygen atoms in total. The van der Waals surface area contributed by atoms with Crippen LogP contribution in [0.25, 0.3) is 0 Å². The second kappa shape index (κ2) is 4.56. The predicted molar refractivity (Wildman–Crippen MR) is 56.9 cm³/mol. The Balaban J connectivity index is 2.02. The van der Waals surface area contributed by atoms with Crippen LogP contribution >= 0.6 is 0 Å². The Hall–Kier alpha value is -2.18. The number of ether oxygens (including phenoxy) is 1. The monoisotopic (exact) mass is 220 g/mol. The van der Waals surface area contributed by atoms with E-state index in [0.29, 0.717) is 18.4 Å². The first kappa shape index (κ1) is 10.3. The molecule has 0 radical (unpaired) electrons. The molecule has 0 atom stereocenters. The molecular formula is C9H12N6O. The number of pyridine rings is 1. The van der Waals surface area contributed by atoms with E-state index in [4.69, 9.17) is 4.74 Å². The minimum Gasteiger partial charge on any atom is -0.481 e. The molecule has 0 fully saturated rings. The third-order valence-corrected chi connectivity index (χ3v) is 2.08. The zero-order valence-electron chi connectivity index (χ0n) is 9.08. The highest BCUT2D eigenvalue weighted by molar-refractivity contribution is 5.27. The molecule has 2 aromatic heterocycles.